The van der Waals surface area contributed by atoms with E-state index in [1.165, 1.54) is 19.3 Å². The largest absolute Gasteiger partial charge is 0.319 e. The SMILES string of the molecule is CNCC(C)C(=O)N(CC1CCC1)c1ccccc1.Cl. The van der Waals surface area contributed by atoms with Gasteiger partial charge in [0.15, 0.2) is 0 Å². The number of carbonyl (C=O) groups is 1. The van der Waals surface area contributed by atoms with Crippen molar-refractivity contribution in [1.29, 1.82) is 0 Å². The average Bonchev–Trinajstić information content (AvgIpc) is 2.38. The molecular formula is C16H25ClN2O. The molecule has 0 spiro atoms. The van der Waals surface area contributed by atoms with Gasteiger partial charge in [-0.2, -0.15) is 0 Å². The maximum absolute atomic E-state index is 12.6. The van der Waals surface area contributed by atoms with Crippen molar-refractivity contribution in [1.82, 2.24) is 5.32 Å². The second-order valence-electron chi connectivity index (χ2n) is 5.54. The molecule has 1 atom stereocenters. The van der Waals surface area contributed by atoms with Gasteiger partial charge < -0.3 is 10.2 Å². The predicted octanol–water partition coefficient (Wildman–Crippen LogP) is 3.10. The summed E-state index contributed by atoms with van der Waals surface area (Å²) >= 11 is 0. The lowest BCUT2D eigenvalue weighted by molar-refractivity contribution is -0.122. The quantitative estimate of drug-likeness (QED) is 0.875. The van der Waals surface area contributed by atoms with E-state index < -0.39 is 0 Å². The molecule has 1 aliphatic carbocycles. The zero-order valence-corrected chi connectivity index (χ0v) is 13.2. The Balaban J connectivity index is 0.00000200. The van der Waals surface area contributed by atoms with Crippen molar-refractivity contribution < 1.29 is 4.79 Å². The van der Waals surface area contributed by atoms with Crippen LogP contribution in [0.3, 0.4) is 0 Å². The summed E-state index contributed by atoms with van der Waals surface area (Å²) in [5.74, 6) is 0.934. The molecule has 4 heteroatoms. The molecule has 0 radical (unpaired) electrons. The van der Waals surface area contributed by atoms with Crippen LogP contribution in [0.4, 0.5) is 5.69 Å². The van der Waals surface area contributed by atoms with Gasteiger partial charge in [0.25, 0.3) is 0 Å². The highest BCUT2D eigenvalue weighted by atomic mass is 35.5. The molecule has 3 nitrogen and oxygen atoms in total. The molecule has 1 amide bonds. The van der Waals surface area contributed by atoms with E-state index in [9.17, 15) is 4.79 Å². The van der Waals surface area contributed by atoms with Crippen LogP contribution in [0.25, 0.3) is 0 Å². The van der Waals surface area contributed by atoms with Crippen molar-refractivity contribution in [2.75, 3.05) is 25.0 Å². The molecule has 1 aromatic carbocycles. The summed E-state index contributed by atoms with van der Waals surface area (Å²) in [5, 5.41) is 3.09. The summed E-state index contributed by atoms with van der Waals surface area (Å²) in [4.78, 5) is 14.6. The Morgan fingerprint density at radius 1 is 1.35 bits per heavy atom. The van der Waals surface area contributed by atoms with Crippen LogP contribution in [0.1, 0.15) is 26.2 Å². The molecule has 1 saturated carbocycles. The van der Waals surface area contributed by atoms with Crippen LogP contribution >= 0.6 is 12.4 Å². The maximum Gasteiger partial charge on any atom is 0.231 e. The second kappa shape index (κ2) is 8.28. The zero-order chi connectivity index (χ0) is 13.7. The molecule has 20 heavy (non-hydrogen) atoms. The molecule has 2 rings (SSSR count). The number of benzene rings is 1. The number of halogens is 1. The van der Waals surface area contributed by atoms with Gasteiger partial charge in [-0.25, -0.2) is 0 Å². The van der Waals surface area contributed by atoms with E-state index in [0.717, 1.165) is 18.8 Å². The first-order valence-electron chi connectivity index (χ1n) is 7.23. The molecule has 1 fully saturated rings. The van der Waals surface area contributed by atoms with E-state index in [2.05, 4.69) is 5.32 Å². The summed E-state index contributed by atoms with van der Waals surface area (Å²) in [6, 6.07) is 10.1. The number of para-hydroxylation sites is 1. The summed E-state index contributed by atoms with van der Waals surface area (Å²) in [6.07, 6.45) is 3.83. The lowest BCUT2D eigenvalue weighted by Gasteiger charge is -2.34. The molecule has 0 bridgehead atoms. The molecule has 0 heterocycles. The van der Waals surface area contributed by atoms with Gasteiger partial charge >= 0.3 is 0 Å². The average molecular weight is 297 g/mol. The zero-order valence-electron chi connectivity index (χ0n) is 12.3. The van der Waals surface area contributed by atoms with Crippen LogP contribution in [-0.2, 0) is 4.79 Å². The molecular weight excluding hydrogens is 272 g/mol. The maximum atomic E-state index is 12.6. The number of nitrogens with one attached hydrogen (secondary N) is 1. The minimum atomic E-state index is 0. The Kier molecular flexibility index (Phi) is 7.03. The first kappa shape index (κ1) is 17.0. The van der Waals surface area contributed by atoms with Crippen LogP contribution in [0.2, 0.25) is 0 Å². The molecule has 0 saturated heterocycles. The number of carbonyl (C=O) groups excluding carboxylic acids is 1. The fraction of sp³-hybridized carbons (Fsp3) is 0.562. The Morgan fingerprint density at radius 2 is 2.00 bits per heavy atom. The van der Waals surface area contributed by atoms with Crippen molar-refractivity contribution in [3.05, 3.63) is 30.3 Å². The predicted molar refractivity (Wildman–Crippen MR) is 86.5 cm³/mol. The van der Waals surface area contributed by atoms with E-state index in [1.807, 2.05) is 49.2 Å². The van der Waals surface area contributed by atoms with Gasteiger partial charge in [-0.05, 0) is 37.9 Å². The van der Waals surface area contributed by atoms with Crippen molar-refractivity contribution >= 4 is 24.0 Å². The highest BCUT2D eigenvalue weighted by Crippen LogP contribution is 2.29. The number of nitrogens with zero attached hydrogens (tertiary/aromatic N) is 1. The van der Waals surface area contributed by atoms with Crippen LogP contribution in [0.15, 0.2) is 30.3 Å². The number of hydrogen-bond acceptors (Lipinski definition) is 2. The smallest absolute Gasteiger partial charge is 0.231 e. The van der Waals surface area contributed by atoms with Gasteiger partial charge in [0.2, 0.25) is 5.91 Å². The van der Waals surface area contributed by atoms with E-state index in [0.29, 0.717) is 5.92 Å². The monoisotopic (exact) mass is 296 g/mol. The minimum absolute atomic E-state index is 0. The van der Waals surface area contributed by atoms with Crippen molar-refractivity contribution in [3.63, 3.8) is 0 Å². The third-order valence-corrected chi connectivity index (χ3v) is 3.93. The minimum Gasteiger partial charge on any atom is -0.319 e. The fourth-order valence-corrected chi connectivity index (χ4v) is 2.52. The highest BCUT2D eigenvalue weighted by Gasteiger charge is 2.27. The van der Waals surface area contributed by atoms with E-state index in [-0.39, 0.29) is 24.2 Å². The third-order valence-electron chi connectivity index (χ3n) is 3.93. The molecule has 112 valence electrons. The Hall–Kier alpha value is -1.06. The molecule has 0 aliphatic heterocycles. The van der Waals surface area contributed by atoms with Gasteiger partial charge in [-0.3, -0.25) is 4.79 Å². The molecule has 0 aromatic heterocycles. The summed E-state index contributed by atoms with van der Waals surface area (Å²) in [5.41, 5.74) is 1.03. The fourth-order valence-electron chi connectivity index (χ4n) is 2.52. The Bertz CT molecular complexity index is 406. The normalized spacial score (nSPS) is 15.9. The highest BCUT2D eigenvalue weighted by molar-refractivity contribution is 5.95. The van der Waals surface area contributed by atoms with Gasteiger partial charge in [0.05, 0.1) is 0 Å². The molecule has 1 aliphatic rings. The van der Waals surface area contributed by atoms with E-state index in [4.69, 9.17) is 0 Å². The molecule has 1 unspecified atom stereocenters. The number of rotatable bonds is 6. The lowest BCUT2D eigenvalue weighted by Crippen LogP contribution is -2.42. The van der Waals surface area contributed by atoms with Crippen molar-refractivity contribution in [2.45, 2.75) is 26.2 Å². The molecule has 1 aromatic rings. The van der Waals surface area contributed by atoms with Crippen molar-refractivity contribution in [2.24, 2.45) is 11.8 Å². The molecule has 1 N–H and O–H groups in total. The van der Waals surface area contributed by atoms with Gasteiger partial charge in [0, 0.05) is 24.7 Å². The number of hydrogen-bond donors (Lipinski definition) is 1. The van der Waals surface area contributed by atoms with Gasteiger partial charge in [-0.1, -0.05) is 31.5 Å². The van der Waals surface area contributed by atoms with Crippen LogP contribution in [-0.4, -0.2) is 26.0 Å². The Morgan fingerprint density at radius 3 is 2.50 bits per heavy atom. The van der Waals surface area contributed by atoms with Crippen LogP contribution < -0.4 is 10.2 Å². The standard InChI is InChI=1S/C16H24N2O.ClH/c1-13(11-17-2)16(19)18(12-14-7-6-8-14)15-9-4-3-5-10-15;/h3-5,9-10,13-14,17H,6-8,11-12H2,1-2H3;1H. The first-order chi connectivity index (χ1) is 9.22. The third kappa shape index (κ3) is 4.22. The summed E-state index contributed by atoms with van der Waals surface area (Å²) < 4.78 is 0. The summed E-state index contributed by atoms with van der Waals surface area (Å²) in [7, 11) is 1.89. The Labute approximate surface area is 128 Å². The number of anilines is 1. The van der Waals surface area contributed by atoms with Gasteiger partial charge in [0.1, 0.15) is 0 Å². The van der Waals surface area contributed by atoms with E-state index in [1.54, 1.807) is 0 Å². The van der Waals surface area contributed by atoms with Crippen molar-refractivity contribution in [3.8, 4) is 0 Å². The number of amides is 1. The van der Waals surface area contributed by atoms with Gasteiger partial charge in [-0.15, -0.1) is 12.4 Å². The van der Waals surface area contributed by atoms with Crippen LogP contribution in [0.5, 0.6) is 0 Å². The van der Waals surface area contributed by atoms with Crippen LogP contribution in [0, 0.1) is 11.8 Å². The summed E-state index contributed by atoms with van der Waals surface area (Å²) in [6.45, 7) is 3.60. The first-order valence-corrected chi connectivity index (χ1v) is 7.23. The van der Waals surface area contributed by atoms with E-state index >= 15 is 0 Å². The lowest BCUT2D eigenvalue weighted by atomic mass is 9.85. The topological polar surface area (TPSA) is 32.3 Å². The second-order valence-corrected chi connectivity index (χ2v) is 5.54.